The van der Waals surface area contributed by atoms with Crippen molar-refractivity contribution in [1.29, 1.82) is 0 Å². The fraction of sp³-hybridized carbons (Fsp3) is 0.538. The molecule has 1 fully saturated rings. The second-order valence-corrected chi connectivity index (χ2v) is 5.31. The summed E-state index contributed by atoms with van der Waals surface area (Å²) in [6, 6.07) is 5.80. The van der Waals surface area contributed by atoms with E-state index < -0.39 is 0 Å². The number of hydrogen-bond acceptors (Lipinski definition) is 1. The van der Waals surface area contributed by atoms with Crippen LogP contribution in [0.15, 0.2) is 18.2 Å². The Hall–Kier alpha value is -0.240. The maximum Gasteiger partial charge on any atom is 0.0452 e. The highest BCUT2D eigenvalue weighted by molar-refractivity contribution is 6.35. The van der Waals surface area contributed by atoms with E-state index in [4.69, 9.17) is 23.2 Å². The average molecular weight is 258 g/mol. The summed E-state index contributed by atoms with van der Waals surface area (Å²) in [6.45, 7) is 2.33. The molecule has 0 radical (unpaired) electrons. The Morgan fingerprint density at radius 1 is 1.19 bits per heavy atom. The minimum Gasteiger partial charge on any atom is -0.317 e. The van der Waals surface area contributed by atoms with E-state index in [2.05, 4.69) is 5.32 Å². The molecule has 0 saturated carbocycles. The lowest BCUT2D eigenvalue weighted by Gasteiger charge is -2.22. The monoisotopic (exact) mass is 257 g/mol. The highest BCUT2D eigenvalue weighted by Gasteiger charge is 2.13. The van der Waals surface area contributed by atoms with Gasteiger partial charge < -0.3 is 5.32 Å². The molecule has 0 unspecified atom stereocenters. The maximum absolute atomic E-state index is 6.15. The van der Waals surface area contributed by atoms with Crippen molar-refractivity contribution < 1.29 is 0 Å². The molecule has 0 amide bonds. The third kappa shape index (κ3) is 3.38. The summed E-state index contributed by atoms with van der Waals surface area (Å²) in [5, 5.41) is 4.91. The fourth-order valence-corrected chi connectivity index (χ4v) is 2.76. The first kappa shape index (κ1) is 12.2. The van der Waals surface area contributed by atoms with Gasteiger partial charge in [0.1, 0.15) is 0 Å². The van der Waals surface area contributed by atoms with Crippen LogP contribution in [0.2, 0.25) is 10.0 Å². The van der Waals surface area contributed by atoms with Gasteiger partial charge in [0, 0.05) is 10.0 Å². The lowest BCUT2D eigenvalue weighted by molar-refractivity contribution is 0.354. The summed E-state index contributed by atoms with van der Waals surface area (Å²) in [5.74, 6) is 0.855. The molecule has 1 N–H and O–H groups in total. The first-order valence-electron chi connectivity index (χ1n) is 5.90. The Balaban J connectivity index is 1.88. The third-order valence-corrected chi connectivity index (χ3v) is 3.88. The molecule has 1 saturated heterocycles. The van der Waals surface area contributed by atoms with E-state index >= 15 is 0 Å². The molecular weight excluding hydrogens is 241 g/mol. The zero-order valence-corrected chi connectivity index (χ0v) is 10.8. The van der Waals surface area contributed by atoms with Gasteiger partial charge in [-0.25, -0.2) is 0 Å². The van der Waals surface area contributed by atoms with Gasteiger partial charge in [-0.2, -0.15) is 0 Å². The van der Waals surface area contributed by atoms with Crippen LogP contribution < -0.4 is 5.32 Å². The molecule has 1 aliphatic rings. The van der Waals surface area contributed by atoms with Crippen LogP contribution >= 0.6 is 23.2 Å². The number of halogens is 2. The Labute approximate surface area is 107 Å². The molecule has 1 aliphatic heterocycles. The van der Waals surface area contributed by atoms with Crippen LogP contribution in [0, 0.1) is 5.92 Å². The van der Waals surface area contributed by atoms with Gasteiger partial charge in [-0.05, 0) is 62.4 Å². The van der Waals surface area contributed by atoms with Crippen molar-refractivity contribution in [3.63, 3.8) is 0 Å². The topological polar surface area (TPSA) is 12.0 Å². The Morgan fingerprint density at radius 2 is 1.94 bits per heavy atom. The van der Waals surface area contributed by atoms with Crippen LogP contribution in [0.3, 0.4) is 0 Å². The predicted molar refractivity (Wildman–Crippen MR) is 70.4 cm³/mol. The zero-order chi connectivity index (χ0) is 11.4. The molecule has 0 atom stereocenters. The Bertz CT molecular complexity index is 346. The van der Waals surface area contributed by atoms with E-state index in [-0.39, 0.29) is 0 Å². The summed E-state index contributed by atoms with van der Waals surface area (Å²) in [7, 11) is 0. The van der Waals surface area contributed by atoms with Gasteiger partial charge in [-0.15, -0.1) is 0 Å². The fourth-order valence-electron chi connectivity index (χ4n) is 2.25. The smallest absolute Gasteiger partial charge is 0.0452 e. The number of hydrogen-bond donors (Lipinski definition) is 1. The Kier molecular flexibility index (Phi) is 4.51. The van der Waals surface area contributed by atoms with Crippen molar-refractivity contribution in [2.24, 2.45) is 5.92 Å². The molecule has 1 heterocycles. The second kappa shape index (κ2) is 5.90. The number of nitrogens with one attached hydrogen (secondary N) is 1. The van der Waals surface area contributed by atoms with Crippen LogP contribution in [0.1, 0.15) is 24.8 Å². The van der Waals surface area contributed by atoms with E-state index in [9.17, 15) is 0 Å². The maximum atomic E-state index is 6.15. The average Bonchev–Trinajstić information content (AvgIpc) is 2.29. The third-order valence-electron chi connectivity index (χ3n) is 3.30. The van der Waals surface area contributed by atoms with Gasteiger partial charge in [0.2, 0.25) is 0 Å². The predicted octanol–water partition coefficient (Wildman–Crippen LogP) is 3.93. The minimum absolute atomic E-state index is 0.718. The van der Waals surface area contributed by atoms with Gasteiger partial charge in [0.15, 0.2) is 0 Å². The molecule has 1 aromatic carbocycles. The van der Waals surface area contributed by atoms with Crippen molar-refractivity contribution in [3.8, 4) is 0 Å². The van der Waals surface area contributed by atoms with Gasteiger partial charge >= 0.3 is 0 Å². The van der Waals surface area contributed by atoms with Crippen molar-refractivity contribution in [2.45, 2.75) is 25.7 Å². The van der Waals surface area contributed by atoms with Gasteiger partial charge in [-0.1, -0.05) is 29.3 Å². The lowest BCUT2D eigenvalue weighted by Crippen LogP contribution is -2.27. The van der Waals surface area contributed by atoms with E-state index in [0.29, 0.717) is 0 Å². The van der Waals surface area contributed by atoms with E-state index in [1.165, 1.54) is 37.9 Å². The standard InChI is InChI=1S/C13H17Cl2N/c14-12-4-3-11(13(15)9-12)2-1-10-5-7-16-8-6-10/h3-4,9-10,16H,1-2,5-8H2. The first-order chi connectivity index (χ1) is 7.75. The van der Waals surface area contributed by atoms with Crippen molar-refractivity contribution in [3.05, 3.63) is 33.8 Å². The first-order valence-corrected chi connectivity index (χ1v) is 6.66. The van der Waals surface area contributed by atoms with Crippen molar-refractivity contribution in [1.82, 2.24) is 5.32 Å². The molecule has 0 spiro atoms. The van der Waals surface area contributed by atoms with E-state index in [0.717, 1.165) is 22.4 Å². The van der Waals surface area contributed by atoms with Crippen molar-refractivity contribution >= 4 is 23.2 Å². The minimum atomic E-state index is 0.718. The second-order valence-electron chi connectivity index (χ2n) is 4.47. The molecule has 1 nitrogen and oxygen atoms in total. The highest BCUT2D eigenvalue weighted by atomic mass is 35.5. The summed E-state index contributed by atoms with van der Waals surface area (Å²) < 4.78 is 0. The SMILES string of the molecule is Clc1ccc(CCC2CCNCC2)c(Cl)c1. The largest absolute Gasteiger partial charge is 0.317 e. The number of rotatable bonds is 3. The summed E-state index contributed by atoms with van der Waals surface area (Å²) in [4.78, 5) is 0. The van der Waals surface area contributed by atoms with Crippen LogP contribution in [0.5, 0.6) is 0 Å². The van der Waals surface area contributed by atoms with Crippen LogP contribution in [-0.4, -0.2) is 13.1 Å². The summed E-state index contributed by atoms with van der Waals surface area (Å²) >= 11 is 12.0. The summed E-state index contributed by atoms with van der Waals surface area (Å²) in [6.07, 6.45) is 4.90. The van der Waals surface area contributed by atoms with Crippen LogP contribution in [0.25, 0.3) is 0 Å². The quantitative estimate of drug-likeness (QED) is 0.866. The number of piperidine rings is 1. The van der Waals surface area contributed by atoms with E-state index in [1.807, 2.05) is 18.2 Å². The Morgan fingerprint density at radius 3 is 2.62 bits per heavy atom. The molecule has 0 bridgehead atoms. The van der Waals surface area contributed by atoms with Gasteiger partial charge in [0.05, 0.1) is 0 Å². The molecule has 0 aromatic heterocycles. The normalized spacial score (nSPS) is 17.6. The molecule has 0 aliphatic carbocycles. The van der Waals surface area contributed by atoms with Crippen LogP contribution in [0.4, 0.5) is 0 Å². The van der Waals surface area contributed by atoms with Gasteiger partial charge in [0.25, 0.3) is 0 Å². The highest BCUT2D eigenvalue weighted by Crippen LogP contribution is 2.25. The molecule has 1 aromatic rings. The van der Waals surface area contributed by atoms with Crippen LogP contribution in [-0.2, 0) is 6.42 Å². The number of aryl methyl sites for hydroxylation is 1. The van der Waals surface area contributed by atoms with Crippen molar-refractivity contribution in [2.75, 3.05) is 13.1 Å². The zero-order valence-electron chi connectivity index (χ0n) is 9.31. The summed E-state index contributed by atoms with van der Waals surface area (Å²) in [5.41, 5.74) is 1.23. The molecular formula is C13H17Cl2N. The molecule has 88 valence electrons. The van der Waals surface area contributed by atoms with E-state index in [1.54, 1.807) is 0 Å². The molecule has 3 heteroatoms. The molecule has 2 rings (SSSR count). The van der Waals surface area contributed by atoms with Gasteiger partial charge in [-0.3, -0.25) is 0 Å². The lowest BCUT2D eigenvalue weighted by atomic mass is 9.91. The number of benzene rings is 1. The molecule has 16 heavy (non-hydrogen) atoms.